The molecular weight excluding hydrogens is 381 g/mol. The summed E-state index contributed by atoms with van der Waals surface area (Å²) in [6.45, 7) is 0. The molecule has 148 valence electrons. The molecule has 2 N–H and O–H groups in total. The normalized spacial score (nSPS) is 18.9. The molecule has 1 aliphatic carbocycles. The molecule has 0 aliphatic heterocycles. The Morgan fingerprint density at radius 2 is 1.86 bits per heavy atom. The van der Waals surface area contributed by atoms with Gasteiger partial charge in [0.05, 0.1) is 5.69 Å². The first-order valence-corrected chi connectivity index (χ1v) is 9.16. The van der Waals surface area contributed by atoms with Crippen molar-refractivity contribution in [1.82, 2.24) is 24.1 Å². The van der Waals surface area contributed by atoms with Gasteiger partial charge in [-0.1, -0.05) is 0 Å². The Labute approximate surface area is 163 Å². The van der Waals surface area contributed by atoms with Crippen LogP contribution in [0.15, 0.2) is 36.8 Å². The zero-order valence-corrected chi connectivity index (χ0v) is 15.5. The van der Waals surface area contributed by atoms with Crippen LogP contribution in [0, 0.1) is 17.5 Å². The van der Waals surface area contributed by atoms with Gasteiger partial charge in [0.1, 0.15) is 17.8 Å². The van der Waals surface area contributed by atoms with E-state index in [1.165, 1.54) is 6.33 Å². The van der Waals surface area contributed by atoms with Crippen LogP contribution in [0.25, 0.3) is 17.0 Å². The molecule has 0 saturated heterocycles. The number of hydrogen-bond acceptors (Lipinski definition) is 4. The van der Waals surface area contributed by atoms with Gasteiger partial charge in [0.15, 0.2) is 17.5 Å². The Hall–Kier alpha value is -3.20. The molecule has 2 unspecified atom stereocenters. The summed E-state index contributed by atoms with van der Waals surface area (Å²) in [4.78, 5) is 8.94. The second kappa shape index (κ2) is 6.41. The molecule has 4 aromatic rings. The lowest BCUT2D eigenvalue weighted by molar-refractivity contribution is 0.446. The Bertz CT molecular complexity index is 1240. The second-order valence-electron chi connectivity index (χ2n) is 7.32. The van der Waals surface area contributed by atoms with Crippen molar-refractivity contribution in [2.75, 3.05) is 0 Å². The fourth-order valence-electron chi connectivity index (χ4n) is 4.11. The zero-order chi connectivity index (χ0) is 20.3. The first-order chi connectivity index (χ1) is 13.9. The summed E-state index contributed by atoms with van der Waals surface area (Å²) < 4.78 is 45.0. The Balaban J connectivity index is 1.56. The maximum Gasteiger partial charge on any atom is 0.161 e. The molecule has 6 nitrogen and oxygen atoms in total. The first-order valence-electron chi connectivity index (χ1n) is 9.16. The van der Waals surface area contributed by atoms with Gasteiger partial charge in [0, 0.05) is 48.9 Å². The Kier molecular flexibility index (Phi) is 3.95. The van der Waals surface area contributed by atoms with Crippen LogP contribution in [0.4, 0.5) is 13.2 Å². The first kappa shape index (κ1) is 17.9. The molecule has 0 bridgehead atoms. The highest BCUT2D eigenvalue weighted by molar-refractivity contribution is 5.62. The zero-order valence-electron chi connectivity index (χ0n) is 15.5. The molecule has 0 spiro atoms. The smallest absolute Gasteiger partial charge is 0.161 e. The summed E-state index contributed by atoms with van der Waals surface area (Å²) in [6, 6.07) is 4.86. The van der Waals surface area contributed by atoms with Gasteiger partial charge < -0.3 is 10.1 Å². The largest absolute Gasteiger partial charge is 0.327 e. The van der Waals surface area contributed by atoms with Gasteiger partial charge in [0.25, 0.3) is 0 Å². The third-order valence-corrected chi connectivity index (χ3v) is 5.58. The molecule has 9 heteroatoms. The van der Waals surface area contributed by atoms with Gasteiger partial charge >= 0.3 is 0 Å². The van der Waals surface area contributed by atoms with Gasteiger partial charge in [-0.05, 0) is 30.2 Å². The molecule has 1 aliphatic rings. The van der Waals surface area contributed by atoms with Crippen molar-refractivity contribution in [2.45, 2.75) is 24.8 Å². The quantitative estimate of drug-likeness (QED) is 0.527. The predicted molar refractivity (Wildman–Crippen MR) is 99.6 cm³/mol. The van der Waals surface area contributed by atoms with E-state index in [0.717, 1.165) is 23.0 Å². The van der Waals surface area contributed by atoms with Crippen molar-refractivity contribution in [2.24, 2.45) is 12.8 Å². The summed E-state index contributed by atoms with van der Waals surface area (Å²) >= 11 is 0. The molecule has 1 aromatic carbocycles. The minimum atomic E-state index is -1.21. The number of halogens is 3. The van der Waals surface area contributed by atoms with Crippen LogP contribution in [0.3, 0.4) is 0 Å². The topological polar surface area (TPSA) is 74.0 Å². The highest BCUT2D eigenvalue weighted by Gasteiger charge is 2.33. The van der Waals surface area contributed by atoms with Gasteiger partial charge in [-0.15, -0.1) is 0 Å². The maximum atomic E-state index is 14.3. The molecule has 3 heterocycles. The van der Waals surface area contributed by atoms with Crippen LogP contribution in [0.2, 0.25) is 0 Å². The molecular formula is C20H17F3N6. The Morgan fingerprint density at radius 3 is 2.62 bits per heavy atom. The molecule has 29 heavy (non-hydrogen) atoms. The van der Waals surface area contributed by atoms with Gasteiger partial charge in [-0.25, -0.2) is 27.8 Å². The molecule has 0 fully saturated rings. The minimum absolute atomic E-state index is 0.0823. The number of hydrogen-bond donors (Lipinski definition) is 1. The van der Waals surface area contributed by atoms with Crippen LogP contribution < -0.4 is 5.73 Å². The van der Waals surface area contributed by atoms with Gasteiger partial charge in [0.2, 0.25) is 0 Å². The van der Waals surface area contributed by atoms with E-state index in [2.05, 4.69) is 10.1 Å². The van der Waals surface area contributed by atoms with Gasteiger partial charge in [-0.3, -0.25) is 0 Å². The molecule has 2 atom stereocenters. The molecule has 5 rings (SSSR count). The third kappa shape index (κ3) is 2.80. The number of nitrogens with two attached hydrogens (primary N) is 1. The van der Waals surface area contributed by atoms with Crippen LogP contribution in [0.1, 0.15) is 22.9 Å². The average Bonchev–Trinajstić information content (AvgIpc) is 3.26. The average molecular weight is 398 g/mol. The monoisotopic (exact) mass is 398 g/mol. The van der Waals surface area contributed by atoms with Crippen molar-refractivity contribution in [3.05, 3.63) is 71.2 Å². The number of aromatic nitrogens is 5. The lowest BCUT2D eigenvalue weighted by Crippen LogP contribution is -2.37. The summed E-state index contributed by atoms with van der Waals surface area (Å²) in [7, 11) is 1.81. The number of pyridine rings is 1. The van der Waals surface area contributed by atoms with E-state index >= 15 is 0 Å². The second-order valence-corrected chi connectivity index (χ2v) is 7.32. The van der Waals surface area contributed by atoms with Crippen LogP contribution in [-0.4, -0.2) is 30.2 Å². The number of imidazole rings is 1. The maximum absolute atomic E-state index is 14.3. The standard InChI is InChI=1S/C20H17F3N6/c1-28-20(25-9-26-28)10-2-3-29-18-8-16(24)12(6-17(18)27-19(29)4-10)11-5-14(22)15(23)7-13(11)21/h2-5,7,9,12,16H,6,8,24H2,1H3. The molecule has 0 amide bonds. The number of nitrogens with zero attached hydrogens (tertiary/aromatic N) is 5. The molecule has 3 aromatic heterocycles. The lowest BCUT2D eigenvalue weighted by Gasteiger charge is -2.29. The van der Waals surface area contributed by atoms with Crippen LogP contribution in [-0.2, 0) is 19.9 Å². The number of rotatable bonds is 2. The fraction of sp³-hybridized carbons (Fsp3) is 0.250. The molecule has 0 radical (unpaired) electrons. The minimum Gasteiger partial charge on any atom is -0.327 e. The van der Waals surface area contributed by atoms with Crippen LogP contribution in [0.5, 0.6) is 0 Å². The van der Waals surface area contributed by atoms with Crippen molar-refractivity contribution < 1.29 is 13.2 Å². The van der Waals surface area contributed by atoms with Gasteiger partial charge in [-0.2, -0.15) is 5.10 Å². The number of fused-ring (bicyclic) bond motifs is 3. The fourth-order valence-corrected chi connectivity index (χ4v) is 4.11. The number of aryl methyl sites for hydroxylation is 1. The highest BCUT2D eigenvalue weighted by atomic mass is 19.2. The van der Waals surface area contributed by atoms with E-state index < -0.39 is 29.4 Å². The summed E-state index contributed by atoms with van der Waals surface area (Å²) in [5.41, 5.74) is 9.70. The Morgan fingerprint density at radius 1 is 1.07 bits per heavy atom. The van der Waals surface area contributed by atoms with E-state index in [1.807, 2.05) is 29.8 Å². The highest BCUT2D eigenvalue weighted by Crippen LogP contribution is 2.35. The van der Waals surface area contributed by atoms with E-state index in [-0.39, 0.29) is 5.56 Å². The van der Waals surface area contributed by atoms with Crippen molar-refractivity contribution in [1.29, 1.82) is 0 Å². The van der Waals surface area contributed by atoms with Crippen molar-refractivity contribution in [3.63, 3.8) is 0 Å². The SMILES string of the molecule is Cn1ncnc1-c1ccn2c3c(nc2c1)CC(c1cc(F)c(F)cc1F)C(N)C3. The van der Waals surface area contributed by atoms with E-state index in [9.17, 15) is 13.2 Å². The lowest BCUT2D eigenvalue weighted by atomic mass is 9.80. The van der Waals surface area contributed by atoms with E-state index in [4.69, 9.17) is 10.7 Å². The van der Waals surface area contributed by atoms with Crippen molar-refractivity contribution in [3.8, 4) is 11.4 Å². The molecule has 0 saturated carbocycles. The van der Waals surface area contributed by atoms with E-state index in [1.54, 1.807) is 4.68 Å². The van der Waals surface area contributed by atoms with E-state index in [0.29, 0.717) is 30.4 Å². The predicted octanol–water partition coefficient (Wildman–Crippen LogP) is 2.76. The van der Waals surface area contributed by atoms with Crippen molar-refractivity contribution >= 4 is 5.65 Å². The van der Waals surface area contributed by atoms with Crippen LogP contribution >= 0.6 is 0 Å². The summed E-state index contributed by atoms with van der Waals surface area (Å²) in [5.74, 6) is -2.85. The summed E-state index contributed by atoms with van der Waals surface area (Å²) in [6.07, 6.45) is 4.18. The summed E-state index contributed by atoms with van der Waals surface area (Å²) in [5, 5.41) is 4.08. The number of benzene rings is 1. The third-order valence-electron chi connectivity index (χ3n) is 5.58.